The molecule has 0 heterocycles. The second kappa shape index (κ2) is 5.47. The maximum Gasteiger partial charge on any atom is 0.416 e. The van der Waals surface area contributed by atoms with E-state index < -0.39 is 17.7 Å². The summed E-state index contributed by atoms with van der Waals surface area (Å²) in [6, 6.07) is 4.48. The lowest BCUT2D eigenvalue weighted by Gasteiger charge is -2.05. The Kier molecular flexibility index (Phi) is 4.25. The number of ether oxygens (including phenoxy) is 1. The maximum atomic E-state index is 12.2. The molecule has 1 aromatic rings. The molecule has 17 heavy (non-hydrogen) atoms. The Hall–Kier alpha value is -1.85. The second-order valence-electron chi connectivity index (χ2n) is 3.17. The van der Waals surface area contributed by atoms with Crippen LogP contribution < -0.4 is 0 Å². The van der Waals surface area contributed by atoms with Crippen LogP contribution in [0.25, 0.3) is 0 Å². The third-order valence-electron chi connectivity index (χ3n) is 1.93. The van der Waals surface area contributed by atoms with E-state index in [9.17, 15) is 18.0 Å². The molecule has 0 aliphatic carbocycles. The first-order valence-corrected chi connectivity index (χ1v) is 4.67. The Bertz CT molecular complexity index is 410. The molecule has 3 nitrogen and oxygen atoms in total. The zero-order chi connectivity index (χ0) is 12.9. The Labute approximate surface area is 95.9 Å². The topological polar surface area (TPSA) is 38.7 Å². The van der Waals surface area contributed by atoms with Crippen LogP contribution in [0.1, 0.15) is 11.1 Å². The van der Waals surface area contributed by atoms with Gasteiger partial charge in [-0.3, -0.25) is 9.79 Å². The van der Waals surface area contributed by atoms with Gasteiger partial charge in [-0.15, -0.1) is 0 Å². The molecule has 0 amide bonds. The predicted molar refractivity (Wildman–Crippen MR) is 55.9 cm³/mol. The summed E-state index contributed by atoms with van der Waals surface area (Å²) in [5.74, 6) is -0.506. The van der Waals surface area contributed by atoms with Crippen molar-refractivity contribution in [2.24, 2.45) is 4.99 Å². The first-order valence-electron chi connectivity index (χ1n) is 4.67. The molecule has 0 atom stereocenters. The summed E-state index contributed by atoms with van der Waals surface area (Å²) in [7, 11) is 1.23. The normalized spacial score (nSPS) is 11.8. The number of methoxy groups -OCH3 is 1. The number of aliphatic imine (C=N–C) groups is 1. The highest BCUT2D eigenvalue weighted by molar-refractivity contribution is 5.82. The molecule has 1 aromatic carbocycles. The molecule has 0 fully saturated rings. The van der Waals surface area contributed by atoms with Gasteiger partial charge in [0.2, 0.25) is 0 Å². The Morgan fingerprint density at radius 2 is 1.94 bits per heavy atom. The van der Waals surface area contributed by atoms with E-state index in [1.807, 2.05) is 0 Å². The summed E-state index contributed by atoms with van der Waals surface area (Å²) in [4.78, 5) is 14.4. The van der Waals surface area contributed by atoms with Crippen molar-refractivity contribution >= 4 is 12.2 Å². The summed E-state index contributed by atoms with van der Waals surface area (Å²) >= 11 is 0. The molecule has 0 bridgehead atoms. The fraction of sp³-hybridized carbons (Fsp3) is 0.273. The molecule has 0 saturated heterocycles. The second-order valence-corrected chi connectivity index (χ2v) is 3.17. The Morgan fingerprint density at radius 1 is 1.35 bits per heavy atom. The van der Waals surface area contributed by atoms with Gasteiger partial charge in [0.25, 0.3) is 0 Å². The molecule has 0 aliphatic rings. The minimum atomic E-state index is -4.35. The van der Waals surface area contributed by atoms with Crippen LogP contribution >= 0.6 is 0 Å². The van der Waals surface area contributed by atoms with Crippen LogP contribution in [0, 0.1) is 0 Å². The number of hydrogen-bond acceptors (Lipinski definition) is 3. The number of carbonyl (C=O) groups is 1. The molecule has 0 N–H and O–H groups in total. The zero-order valence-electron chi connectivity index (χ0n) is 8.99. The van der Waals surface area contributed by atoms with E-state index >= 15 is 0 Å². The van der Waals surface area contributed by atoms with Crippen molar-refractivity contribution < 1.29 is 22.7 Å². The maximum absolute atomic E-state index is 12.2. The highest BCUT2D eigenvalue weighted by Gasteiger charge is 2.29. The summed E-state index contributed by atoms with van der Waals surface area (Å²) < 4.78 is 41.0. The van der Waals surface area contributed by atoms with Gasteiger partial charge in [0, 0.05) is 6.21 Å². The predicted octanol–water partition coefficient (Wildman–Crippen LogP) is 2.30. The number of esters is 1. The number of hydrogen-bond donors (Lipinski definition) is 0. The van der Waals surface area contributed by atoms with Crippen molar-refractivity contribution in [3.63, 3.8) is 0 Å². The number of carbonyl (C=O) groups excluding carboxylic acids is 1. The summed E-state index contributed by atoms with van der Waals surface area (Å²) in [5.41, 5.74) is -0.232. The first kappa shape index (κ1) is 13.2. The fourth-order valence-electron chi connectivity index (χ4n) is 1.05. The standard InChI is InChI=1S/C11H10F3NO2/c1-17-10(16)7-15-6-8-2-4-9(5-3-8)11(12,13)14/h2-6H,7H2,1H3/b15-6+. The van der Waals surface area contributed by atoms with E-state index in [2.05, 4.69) is 9.73 Å². The number of benzene rings is 1. The van der Waals surface area contributed by atoms with E-state index in [1.165, 1.54) is 25.5 Å². The molecule has 0 unspecified atom stereocenters. The third-order valence-corrected chi connectivity index (χ3v) is 1.93. The van der Waals surface area contributed by atoms with Crippen molar-refractivity contribution in [3.8, 4) is 0 Å². The van der Waals surface area contributed by atoms with Crippen LogP contribution in [0.4, 0.5) is 13.2 Å². The summed E-state index contributed by atoms with van der Waals surface area (Å²) in [5, 5.41) is 0. The van der Waals surface area contributed by atoms with Gasteiger partial charge < -0.3 is 4.74 Å². The summed E-state index contributed by atoms with van der Waals surface area (Å²) in [6.07, 6.45) is -3.03. The van der Waals surface area contributed by atoms with Crippen LogP contribution in [0.15, 0.2) is 29.3 Å². The van der Waals surface area contributed by atoms with Gasteiger partial charge in [-0.25, -0.2) is 0 Å². The van der Waals surface area contributed by atoms with Crippen molar-refractivity contribution in [3.05, 3.63) is 35.4 Å². The van der Waals surface area contributed by atoms with Gasteiger partial charge in [-0.05, 0) is 17.7 Å². The van der Waals surface area contributed by atoms with Crippen LogP contribution in [0.3, 0.4) is 0 Å². The molecular weight excluding hydrogens is 235 g/mol. The lowest BCUT2D eigenvalue weighted by atomic mass is 10.1. The smallest absolute Gasteiger partial charge is 0.416 e. The SMILES string of the molecule is COC(=O)C/N=C/c1ccc(C(F)(F)F)cc1. The molecule has 1 rings (SSSR count). The number of rotatable bonds is 3. The first-order chi connectivity index (χ1) is 7.93. The Balaban J connectivity index is 2.66. The highest BCUT2D eigenvalue weighted by Crippen LogP contribution is 2.28. The summed E-state index contributed by atoms with van der Waals surface area (Å²) in [6.45, 7) is -0.155. The highest BCUT2D eigenvalue weighted by atomic mass is 19.4. The van der Waals surface area contributed by atoms with Gasteiger partial charge in [0.1, 0.15) is 6.54 Å². The van der Waals surface area contributed by atoms with Gasteiger partial charge in [-0.1, -0.05) is 12.1 Å². The van der Waals surface area contributed by atoms with Crippen LogP contribution in [-0.2, 0) is 15.7 Å². The Morgan fingerprint density at radius 3 is 2.41 bits per heavy atom. The lowest BCUT2D eigenvalue weighted by molar-refractivity contribution is -0.139. The lowest BCUT2D eigenvalue weighted by Crippen LogP contribution is -2.05. The van der Waals surface area contributed by atoms with E-state index in [0.717, 1.165) is 12.1 Å². The van der Waals surface area contributed by atoms with Crippen molar-refractivity contribution in [2.75, 3.05) is 13.7 Å². The molecule has 0 aromatic heterocycles. The minimum absolute atomic E-state index is 0.155. The zero-order valence-corrected chi connectivity index (χ0v) is 8.99. The van der Waals surface area contributed by atoms with Gasteiger partial charge in [0.05, 0.1) is 12.7 Å². The van der Waals surface area contributed by atoms with E-state index in [4.69, 9.17) is 0 Å². The molecule has 92 valence electrons. The average Bonchev–Trinajstić information content (AvgIpc) is 2.28. The molecule has 6 heteroatoms. The van der Waals surface area contributed by atoms with Crippen molar-refractivity contribution in [2.45, 2.75) is 6.18 Å². The van der Waals surface area contributed by atoms with Gasteiger partial charge >= 0.3 is 12.1 Å². The molecule has 0 saturated carbocycles. The molecular formula is C11H10F3NO2. The van der Waals surface area contributed by atoms with Crippen molar-refractivity contribution in [1.29, 1.82) is 0 Å². The minimum Gasteiger partial charge on any atom is -0.468 e. The number of nitrogens with zero attached hydrogens (tertiary/aromatic N) is 1. The molecule has 0 radical (unpaired) electrons. The average molecular weight is 245 g/mol. The quantitative estimate of drug-likeness (QED) is 0.605. The van der Waals surface area contributed by atoms with E-state index in [1.54, 1.807) is 0 Å². The molecule has 0 spiro atoms. The fourth-order valence-corrected chi connectivity index (χ4v) is 1.05. The third kappa shape index (κ3) is 4.26. The van der Waals surface area contributed by atoms with Crippen LogP contribution in [0.2, 0.25) is 0 Å². The van der Waals surface area contributed by atoms with Gasteiger partial charge in [0.15, 0.2) is 0 Å². The van der Waals surface area contributed by atoms with Crippen LogP contribution in [-0.4, -0.2) is 25.8 Å². The van der Waals surface area contributed by atoms with Crippen molar-refractivity contribution in [1.82, 2.24) is 0 Å². The van der Waals surface area contributed by atoms with Crippen LogP contribution in [0.5, 0.6) is 0 Å². The number of halogens is 3. The largest absolute Gasteiger partial charge is 0.468 e. The molecule has 0 aliphatic heterocycles. The van der Waals surface area contributed by atoms with Gasteiger partial charge in [-0.2, -0.15) is 13.2 Å². The van der Waals surface area contributed by atoms with E-state index in [-0.39, 0.29) is 6.54 Å². The number of alkyl halides is 3. The monoisotopic (exact) mass is 245 g/mol. The van der Waals surface area contributed by atoms with E-state index in [0.29, 0.717) is 5.56 Å².